The first-order valence-electron chi connectivity index (χ1n) is 5.34. The first-order valence-corrected chi connectivity index (χ1v) is 5.34. The van der Waals surface area contributed by atoms with Crippen LogP contribution in [0.25, 0.3) is 0 Å². The molecule has 0 aliphatic heterocycles. The second-order valence-electron chi connectivity index (χ2n) is 3.42. The van der Waals surface area contributed by atoms with E-state index in [1.807, 2.05) is 6.92 Å². The molecule has 0 saturated carbocycles. The van der Waals surface area contributed by atoms with Crippen LogP contribution in [0.4, 0.5) is 0 Å². The van der Waals surface area contributed by atoms with E-state index >= 15 is 0 Å². The van der Waals surface area contributed by atoms with Gasteiger partial charge in [0, 0.05) is 13.0 Å². The molecule has 0 aliphatic carbocycles. The number of aromatic nitrogens is 4. The van der Waals surface area contributed by atoms with Gasteiger partial charge in [-0.05, 0) is 13.3 Å². The molecule has 2 N–H and O–H groups in total. The molecule has 0 radical (unpaired) electrons. The maximum absolute atomic E-state index is 11.4. The summed E-state index contributed by atoms with van der Waals surface area (Å²) in [6.07, 6.45) is 1.31. The molecular formula is C9H17N5O2. The number of H-pyrrole nitrogens is 1. The van der Waals surface area contributed by atoms with Gasteiger partial charge in [0.2, 0.25) is 5.91 Å². The van der Waals surface area contributed by atoms with E-state index in [0.717, 1.165) is 6.42 Å². The number of rotatable bonds is 7. The molecule has 7 heteroatoms. The molecule has 1 heterocycles. The minimum absolute atomic E-state index is 0.0756. The second kappa shape index (κ2) is 6.89. The van der Waals surface area contributed by atoms with Gasteiger partial charge in [0.25, 0.3) is 0 Å². The summed E-state index contributed by atoms with van der Waals surface area (Å²) >= 11 is 0. The molecule has 16 heavy (non-hydrogen) atoms. The number of ether oxygens (including phenoxy) is 1. The van der Waals surface area contributed by atoms with Gasteiger partial charge in [-0.15, -0.1) is 10.2 Å². The fourth-order valence-corrected chi connectivity index (χ4v) is 1.14. The normalized spacial score (nSPS) is 12.4. The molecule has 1 amide bonds. The number of nitrogens with one attached hydrogen (secondary N) is 2. The van der Waals surface area contributed by atoms with Crippen molar-refractivity contribution in [3.63, 3.8) is 0 Å². The summed E-state index contributed by atoms with van der Waals surface area (Å²) in [5.74, 6) is 0.399. The Morgan fingerprint density at radius 1 is 1.56 bits per heavy atom. The zero-order valence-electron chi connectivity index (χ0n) is 9.56. The summed E-state index contributed by atoms with van der Waals surface area (Å²) in [6, 6.07) is -0.238. The number of carbonyl (C=O) groups is 1. The Hall–Kier alpha value is -1.50. The standard InChI is InChI=1S/C9H17N5O2/c1-3-5-16-6-4-8(15)10-7(2)9-11-13-14-12-9/h7H,3-6H2,1-2H3,(H,10,15)(H,11,12,13,14). The first kappa shape index (κ1) is 12.6. The quantitative estimate of drug-likeness (QED) is 0.649. The van der Waals surface area contributed by atoms with Gasteiger partial charge in [-0.1, -0.05) is 12.1 Å². The predicted octanol–water partition coefficient (Wildman–Crippen LogP) is 0.194. The Balaban J connectivity index is 2.19. The number of hydrogen-bond donors (Lipinski definition) is 2. The van der Waals surface area contributed by atoms with Crippen LogP contribution in [0.3, 0.4) is 0 Å². The fraction of sp³-hybridized carbons (Fsp3) is 0.778. The zero-order valence-corrected chi connectivity index (χ0v) is 9.56. The maximum atomic E-state index is 11.4. The van der Waals surface area contributed by atoms with Gasteiger partial charge in [-0.25, -0.2) is 0 Å². The lowest BCUT2D eigenvalue weighted by Gasteiger charge is -2.09. The minimum Gasteiger partial charge on any atom is -0.381 e. The van der Waals surface area contributed by atoms with Crippen molar-refractivity contribution in [3.8, 4) is 0 Å². The minimum atomic E-state index is -0.238. The molecule has 1 aromatic heterocycles. The van der Waals surface area contributed by atoms with Gasteiger partial charge in [0.05, 0.1) is 12.6 Å². The highest BCUT2D eigenvalue weighted by Gasteiger charge is 2.12. The van der Waals surface area contributed by atoms with Crippen LogP contribution in [-0.2, 0) is 9.53 Å². The molecule has 0 bridgehead atoms. The third-order valence-electron chi connectivity index (χ3n) is 1.95. The number of nitrogens with zero attached hydrogens (tertiary/aromatic N) is 3. The Labute approximate surface area is 93.9 Å². The molecule has 1 aromatic rings. The van der Waals surface area contributed by atoms with Gasteiger partial charge >= 0.3 is 0 Å². The maximum Gasteiger partial charge on any atom is 0.222 e. The number of carbonyl (C=O) groups excluding carboxylic acids is 1. The summed E-state index contributed by atoms with van der Waals surface area (Å²) in [5.41, 5.74) is 0. The van der Waals surface area contributed by atoms with Crippen molar-refractivity contribution < 1.29 is 9.53 Å². The zero-order chi connectivity index (χ0) is 11.8. The number of amides is 1. The van der Waals surface area contributed by atoms with Crippen LogP contribution in [0.1, 0.15) is 38.6 Å². The Bertz CT molecular complexity index is 301. The van der Waals surface area contributed by atoms with Crippen molar-refractivity contribution in [1.82, 2.24) is 25.9 Å². The number of hydrogen-bond acceptors (Lipinski definition) is 5. The van der Waals surface area contributed by atoms with Crippen molar-refractivity contribution in [3.05, 3.63) is 5.82 Å². The molecule has 0 fully saturated rings. The second-order valence-corrected chi connectivity index (χ2v) is 3.42. The van der Waals surface area contributed by atoms with E-state index in [1.54, 1.807) is 6.92 Å². The molecule has 90 valence electrons. The highest BCUT2D eigenvalue weighted by molar-refractivity contribution is 5.76. The average Bonchev–Trinajstić information content (AvgIpc) is 2.77. The summed E-state index contributed by atoms with van der Waals surface area (Å²) in [4.78, 5) is 11.4. The lowest BCUT2D eigenvalue weighted by Crippen LogP contribution is -2.28. The fourth-order valence-electron chi connectivity index (χ4n) is 1.14. The van der Waals surface area contributed by atoms with Crippen LogP contribution in [0.15, 0.2) is 0 Å². The van der Waals surface area contributed by atoms with E-state index in [-0.39, 0.29) is 11.9 Å². The molecule has 0 aliphatic rings. The van der Waals surface area contributed by atoms with Gasteiger partial charge in [0.1, 0.15) is 0 Å². The molecule has 1 unspecified atom stereocenters. The molecule has 7 nitrogen and oxygen atoms in total. The monoisotopic (exact) mass is 227 g/mol. The smallest absolute Gasteiger partial charge is 0.222 e. The average molecular weight is 227 g/mol. The predicted molar refractivity (Wildman–Crippen MR) is 56.5 cm³/mol. The van der Waals surface area contributed by atoms with Crippen molar-refractivity contribution in [2.45, 2.75) is 32.7 Å². The van der Waals surface area contributed by atoms with E-state index < -0.39 is 0 Å². The largest absolute Gasteiger partial charge is 0.381 e. The van der Waals surface area contributed by atoms with Crippen molar-refractivity contribution >= 4 is 5.91 Å². The Morgan fingerprint density at radius 3 is 3.00 bits per heavy atom. The van der Waals surface area contributed by atoms with Crippen molar-refractivity contribution in [1.29, 1.82) is 0 Å². The van der Waals surface area contributed by atoms with Gasteiger partial charge in [-0.2, -0.15) is 5.21 Å². The van der Waals surface area contributed by atoms with Crippen LogP contribution in [-0.4, -0.2) is 39.7 Å². The van der Waals surface area contributed by atoms with Gasteiger partial charge in [-0.3, -0.25) is 4.79 Å². The topological polar surface area (TPSA) is 92.8 Å². The third-order valence-corrected chi connectivity index (χ3v) is 1.95. The van der Waals surface area contributed by atoms with Crippen LogP contribution in [0.2, 0.25) is 0 Å². The summed E-state index contributed by atoms with van der Waals surface area (Å²) in [5, 5.41) is 16.1. The SMILES string of the molecule is CCCOCCC(=O)NC(C)c1nn[nH]n1. The third kappa shape index (κ3) is 4.35. The van der Waals surface area contributed by atoms with Crippen molar-refractivity contribution in [2.24, 2.45) is 0 Å². The van der Waals surface area contributed by atoms with Gasteiger partial charge in [0.15, 0.2) is 5.82 Å². The first-order chi connectivity index (χ1) is 7.74. The van der Waals surface area contributed by atoms with Crippen molar-refractivity contribution in [2.75, 3.05) is 13.2 Å². The summed E-state index contributed by atoms with van der Waals surface area (Å²) in [7, 11) is 0. The summed E-state index contributed by atoms with van der Waals surface area (Å²) < 4.78 is 5.22. The Kier molecular flexibility index (Phi) is 5.41. The van der Waals surface area contributed by atoms with E-state index in [0.29, 0.717) is 25.5 Å². The number of aromatic amines is 1. The molecule has 0 aromatic carbocycles. The van der Waals surface area contributed by atoms with E-state index in [1.165, 1.54) is 0 Å². The molecule has 0 saturated heterocycles. The van der Waals surface area contributed by atoms with E-state index in [9.17, 15) is 4.79 Å². The summed E-state index contributed by atoms with van der Waals surface area (Å²) in [6.45, 7) is 4.96. The number of tetrazole rings is 1. The highest BCUT2D eigenvalue weighted by atomic mass is 16.5. The molecule has 0 spiro atoms. The van der Waals surface area contributed by atoms with Crippen LogP contribution in [0, 0.1) is 0 Å². The van der Waals surface area contributed by atoms with E-state index in [4.69, 9.17) is 4.74 Å². The molecule has 1 atom stereocenters. The van der Waals surface area contributed by atoms with E-state index in [2.05, 4.69) is 25.9 Å². The molecule has 1 rings (SSSR count). The van der Waals surface area contributed by atoms with Crippen LogP contribution < -0.4 is 5.32 Å². The highest BCUT2D eigenvalue weighted by Crippen LogP contribution is 2.03. The Morgan fingerprint density at radius 2 is 2.38 bits per heavy atom. The van der Waals surface area contributed by atoms with Crippen LogP contribution >= 0.6 is 0 Å². The molecular weight excluding hydrogens is 210 g/mol. The lowest BCUT2D eigenvalue weighted by atomic mass is 10.3. The lowest BCUT2D eigenvalue weighted by molar-refractivity contribution is -0.122. The van der Waals surface area contributed by atoms with Crippen LogP contribution in [0.5, 0.6) is 0 Å². The van der Waals surface area contributed by atoms with Gasteiger partial charge < -0.3 is 10.1 Å².